The molecular formula is C24H28Cl2N4O. The Bertz CT molecular complexity index is 1070. The highest BCUT2D eigenvalue weighted by molar-refractivity contribution is 6.43. The van der Waals surface area contributed by atoms with E-state index in [1.165, 1.54) is 12.8 Å². The second kappa shape index (κ2) is 9.58. The molecule has 0 saturated heterocycles. The summed E-state index contributed by atoms with van der Waals surface area (Å²) in [5, 5.41) is 0.688. The standard InChI is InChI=1S/C24H28Cl2N4O/c1-16(2)12-14-29(24(31)18-9-5-10-19(25)22(18)26)15-21-28-20-11-6-13-27-23(20)30(21)17-7-3-4-8-17/h5-6,9-11,13,16-17H,3-4,7-8,12,14-15H2,1-2H3. The summed E-state index contributed by atoms with van der Waals surface area (Å²) in [7, 11) is 0. The SMILES string of the molecule is CC(C)CCN(Cc1nc2cccnc2n1C1CCCC1)C(=O)c1cccc(Cl)c1Cl. The van der Waals surface area contributed by atoms with E-state index < -0.39 is 0 Å². The first-order valence-corrected chi connectivity index (χ1v) is 11.8. The Labute approximate surface area is 193 Å². The molecule has 4 rings (SSSR count). The van der Waals surface area contributed by atoms with Crippen molar-refractivity contribution in [2.75, 3.05) is 6.54 Å². The van der Waals surface area contributed by atoms with Crippen LogP contribution in [0.1, 0.15) is 68.2 Å². The predicted octanol–water partition coefficient (Wildman–Crippen LogP) is 6.54. The van der Waals surface area contributed by atoms with Crippen LogP contribution in [-0.2, 0) is 6.54 Å². The van der Waals surface area contributed by atoms with E-state index in [4.69, 9.17) is 28.2 Å². The lowest BCUT2D eigenvalue weighted by Gasteiger charge is -2.25. The van der Waals surface area contributed by atoms with Crippen LogP contribution in [0.5, 0.6) is 0 Å². The molecule has 0 aliphatic heterocycles. The number of amides is 1. The van der Waals surface area contributed by atoms with Crippen LogP contribution in [0.25, 0.3) is 11.2 Å². The molecule has 5 nitrogen and oxygen atoms in total. The number of halogens is 2. The van der Waals surface area contributed by atoms with Gasteiger partial charge in [-0.2, -0.15) is 0 Å². The van der Waals surface area contributed by atoms with Gasteiger partial charge in [0, 0.05) is 18.8 Å². The van der Waals surface area contributed by atoms with E-state index in [1.807, 2.05) is 23.2 Å². The maximum absolute atomic E-state index is 13.5. The molecule has 0 N–H and O–H groups in total. The van der Waals surface area contributed by atoms with E-state index in [1.54, 1.807) is 18.2 Å². The fourth-order valence-corrected chi connectivity index (χ4v) is 4.69. The Hall–Kier alpha value is -2.11. The van der Waals surface area contributed by atoms with Crippen molar-refractivity contribution >= 4 is 40.3 Å². The number of pyridine rings is 1. The van der Waals surface area contributed by atoms with Crippen LogP contribution in [0, 0.1) is 5.92 Å². The van der Waals surface area contributed by atoms with E-state index >= 15 is 0 Å². The Balaban J connectivity index is 1.72. The maximum atomic E-state index is 13.5. The molecule has 1 aliphatic carbocycles. The number of hydrogen-bond acceptors (Lipinski definition) is 3. The molecule has 3 aromatic rings. The van der Waals surface area contributed by atoms with Gasteiger partial charge in [0.25, 0.3) is 5.91 Å². The minimum Gasteiger partial charge on any atom is -0.331 e. The highest BCUT2D eigenvalue weighted by Gasteiger charge is 2.27. The van der Waals surface area contributed by atoms with Gasteiger partial charge in [-0.05, 0) is 49.4 Å². The van der Waals surface area contributed by atoms with Crippen LogP contribution < -0.4 is 0 Å². The third-order valence-corrected chi connectivity index (χ3v) is 6.81. The van der Waals surface area contributed by atoms with Gasteiger partial charge >= 0.3 is 0 Å². The zero-order valence-corrected chi connectivity index (χ0v) is 19.5. The van der Waals surface area contributed by atoms with Gasteiger partial charge in [-0.1, -0.05) is 56.0 Å². The lowest BCUT2D eigenvalue weighted by atomic mass is 10.1. The number of rotatable bonds is 7. The van der Waals surface area contributed by atoms with Crippen molar-refractivity contribution in [1.82, 2.24) is 19.4 Å². The topological polar surface area (TPSA) is 51.0 Å². The number of benzene rings is 1. The Morgan fingerprint density at radius 1 is 1.19 bits per heavy atom. The number of carbonyl (C=O) groups is 1. The molecule has 0 atom stereocenters. The van der Waals surface area contributed by atoms with Gasteiger partial charge in [-0.15, -0.1) is 0 Å². The molecule has 31 heavy (non-hydrogen) atoms. The summed E-state index contributed by atoms with van der Waals surface area (Å²) in [5.41, 5.74) is 2.21. The first-order chi connectivity index (χ1) is 15.0. The molecular weight excluding hydrogens is 431 g/mol. The summed E-state index contributed by atoms with van der Waals surface area (Å²) in [6.07, 6.45) is 7.37. The summed E-state index contributed by atoms with van der Waals surface area (Å²) in [6.45, 7) is 5.36. The van der Waals surface area contributed by atoms with Gasteiger partial charge in [0.1, 0.15) is 11.3 Å². The molecule has 0 unspecified atom stereocenters. The number of aromatic nitrogens is 3. The van der Waals surface area contributed by atoms with Gasteiger partial charge in [0.05, 0.1) is 22.2 Å². The highest BCUT2D eigenvalue weighted by atomic mass is 35.5. The molecule has 2 heterocycles. The zero-order chi connectivity index (χ0) is 22.0. The van der Waals surface area contributed by atoms with E-state index in [0.29, 0.717) is 40.7 Å². The third-order valence-electron chi connectivity index (χ3n) is 5.99. The molecule has 7 heteroatoms. The van der Waals surface area contributed by atoms with Crippen molar-refractivity contribution in [3.05, 3.63) is 58.0 Å². The second-order valence-corrected chi connectivity index (χ2v) is 9.48. The monoisotopic (exact) mass is 458 g/mol. The molecule has 164 valence electrons. The highest BCUT2D eigenvalue weighted by Crippen LogP contribution is 2.34. The second-order valence-electron chi connectivity index (χ2n) is 8.69. The molecule has 0 spiro atoms. The average Bonchev–Trinajstić information content (AvgIpc) is 3.39. The van der Waals surface area contributed by atoms with E-state index in [0.717, 1.165) is 36.3 Å². The van der Waals surface area contributed by atoms with Crippen molar-refractivity contribution in [3.8, 4) is 0 Å². The lowest BCUT2D eigenvalue weighted by Crippen LogP contribution is -2.33. The molecule has 2 aromatic heterocycles. The van der Waals surface area contributed by atoms with Crippen molar-refractivity contribution < 1.29 is 4.79 Å². The molecule has 1 aromatic carbocycles. The van der Waals surface area contributed by atoms with E-state index in [2.05, 4.69) is 23.4 Å². The van der Waals surface area contributed by atoms with Crippen molar-refractivity contribution in [2.24, 2.45) is 5.92 Å². The fourth-order valence-electron chi connectivity index (χ4n) is 4.31. The Morgan fingerprint density at radius 3 is 2.71 bits per heavy atom. The van der Waals surface area contributed by atoms with Crippen molar-refractivity contribution in [3.63, 3.8) is 0 Å². The largest absolute Gasteiger partial charge is 0.331 e. The van der Waals surface area contributed by atoms with Gasteiger partial charge < -0.3 is 9.47 Å². The normalized spacial score (nSPS) is 14.6. The number of fused-ring (bicyclic) bond motifs is 1. The lowest BCUT2D eigenvalue weighted by molar-refractivity contribution is 0.0728. The average molecular weight is 459 g/mol. The van der Waals surface area contributed by atoms with Crippen LogP contribution in [-0.4, -0.2) is 31.9 Å². The minimum absolute atomic E-state index is 0.119. The van der Waals surface area contributed by atoms with Crippen molar-refractivity contribution in [1.29, 1.82) is 0 Å². The summed E-state index contributed by atoms with van der Waals surface area (Å²) < 4.78 is 2.26. The maximum Gasteiger partial charge on any atom is 0.255 e. The Morgan fingerprint density at radius 2 is 1.97 bits per heavy atom. The van der Waals surface area contributed by atoms with Gasteiger partial charge in [0.2, 0.25) is 0 Å². The minimum atomic E-state index is -0.119. The molecule has 1 fully saturated rings. The number of carbonyl (C=O) groups excluding carboxylic acids is 1. The number of hydrogen-bond donors (Lipinski definition) is 0. The summed E-state index contributed by atoms with van der Waals surface area (Å²) in [4.78, 5) is 24.9. The number of imidazole rings is 1. The predicted molar refractivity (Wildman–Crippen MR) is 126 cm³/mol. The van der Waals surface area contributed by atoms with E-state index in [-0.39, 0.29) is 5.91 Å². The van der Waals surface area contributed by atoms with E-state index in [9.17, 15) is 4.79 Å². The van der Waals surface area contributed by atoms with Crippen LogP contribution in [0.15, 0.2) is 36.5 Å². The molecule has 1 saturated carbocycles. The van der Waals surface area contributed by atoms with Crippen LogP contribution >= 0.6 is 23.2 Å². The zero-order valence-electron chi connectivity index (χ0n) is 18.0. The van der Waals surface area contributed by atoms with Crippen LogP contribution in [0.3, 0.4) is 0 Å². The van der Waals surface area contributed by atoms with Gasteiger partial charge in [-0.3, -0.25) is 4.79 Å². The molecule has 1 aliphatic rings. The van der Waals surface area contributed by atoms with Gasteiger partial charge in [-0.25, -0.2) is 9.97 Å². The fraction of sp³-hybridized carbons (Fsp3) is 0.458. The smallest absolute Gasteiger partial charge is 0.255 e. The third kappa shape index (κ3) is 4.73. The summed E-state index contributed by atoms with van der Waals surface area (Å²) in [6, 6.07) is 9.48. The van der Waals surface area contributed by atoms with Crippen LogP contribution in [0.4, 0.5) is 0 Å². The molecule has 1 amide bonds. The van der Waals surface area contributed by atoms with Crippen LogP contribution in [0.2, 0.25) is 10.0 Å². The van der Waals surface area contributed by atoms with Crippen molar-refractivity contribution in [2.45, 2.75) is 58.5 Å². The number of nitrogens with zero attached hydrogens (tertiary/aromatic N) is 4. The summed E-state index contributed by atoms with van der Waals surface area (Å²) >= 11 is 12.6. The summed E-state index contributed by atoms with van der Waals surface area (Å²) in [5.74, 6) is 1.24. The Kier molecular flexibility index (Phi) is 6.83. The first kappa shape index (κ1) is 22.1. The first-order valence-electron chi connectivity index (χ1n) is 11.0. The van der Waals surface area contributed by atoms with Gasteiger partial charge in [0.15, 0.2) is 5.65 Å². The molecule has 0 bridgehead atoms. The quantitative estimate of drug-likeness (QED) is 0.403. The molecule has 0 radical (unpaired) electrons.